The Balaban J connectivity index is 1.99. The maximum absolute atomic E-state index is 9.52. The minimum Gasteiger partial charge on any atom is -0.467 e. The number of hydrogen-bond acceptors (Lipinski definition) is 4. The lowest BCUT2D eigenvalue weighted by Crippen LogP contribution is -2.10. The van der Waals surface area contributed by atoms with E-state index in [4.69, 9.17) is 9.40 Å². The molecule has 4 nitrogen and oxygen atoms in total. The highest BCUT2D eigenvalue weighted by Crippen LogP contribution is 2.34. The Morgan fingerprint density at radius 2 is 2.19 bits per heavy atom. The fraction of sp³-hybridized carbons (Fsp3) is 0.412. The molecule has 1 aliphatic carbocycles. The number of nitrogens with one attached hydrogen (secondary N) is 1. The number of rotatable bonds is 4. The van der Waals surface area contributed by atoms with Gasteiger partial charge in [0, 0.05) is 5.69 Å². The van der Waals surface area contributed by atoms with Crippen molar-refractivity contribution in [3.8, 4) is 6.07 Å². The quantitative estimate of drug-likeness (QED) is 0.926. The van der Waals surface area contributed by atoms with Gasteiger partial charge in [-0.3, -0.25) is 0 Å². The SMILES string of the molecule is CC(C)c1nc(NCc2ccco2)c(C#N)c2c1CCC2. The van der Waals surface area contributed by atoms with E-state index < -0.39 is 0 Å². The van der Waals surface area contributed by atoms with Gasteiger partial charge in [0.15, 0.2) is 0 Å². The molecule has 1 N–H and O–H groups in total. The standard InChI is InChI=1S/C17H19N3O/c1-11(2)16-14-7-3-6-13(14)15(9-18)17(20-16)19-10-12-5-4-8-21-12/h4-5,8,11H,3,6-7,10H2,1-2H3,(H,19,20). The maximum Gasteiger partial charge on any atom is 0.144 e. The first kappa shape index (κ1) is 13.7. The minimum atomic E-state index is 0.369. The van der Waals surface area contributed by atoms with Crippen molar-refractivity contribution < 1.29 is 4.42 Å². The van der Waals surface area contributed by atoms with Gasteiger partial charge in [-0.05, 0) is 48.4 Å². The van der Waals surface area contributed by atoms with Gasteiger partial charge >= 0.3 is 0 Å². The highest BCUT2D eigenvalue weighted by Gasteiger charge is 2.24. The average molecular weight is 281 g/mol. The van der Waals surface area contributed by atoms with Crippen molar-refractivity contribution in [2.45, 2.75) is 45.6 Å². The summed E-state index contributed by atoms with van der Waals surface area (Å²) >= 11 is 0. The van der Waals surface area contributed by atoms with Crippen molar-refractivity contribution in [2.24, 2.45) is 0 Å². The van der Waals surface area contributed by atoms with E-state index in [0.717, 1.165) is 30.7 Å². The van der Waals surface area contributed by atoms with Crippen molar-refractivity contribution in [1.82, 2.24) is 4.98 Å². The topological polar surface area (TPSA) is 61.9 Å². The fourth-order valence-corrected chi connectivity index (χ4v) is 3.00. The van der Waals surface area contributed by atoms with Crippen LogP contribution in [-0.2, 0) is 19.4 Å². The molecule has 0 radical (unpaired) electrons. The number of hydrogen-bond donors (Lipinski definition) is 1. The van der Waals surface area contributed by atoms with Gasteiger partial charge in [0.2, 0.25) is 0 Å². The number of pyridine rings is 1. The Morgan fingerprint density at radius 3 is 2.86 bits per heavy atom. The molecule has 2 aromatic rings. The molecule has 0 aromatic carbocycles. The number of aromatic nitrogens is 1. The summed E-state index contributed by atoms with van der Waals surface area (Å²) in [4.78, 5) is 4.74. The number of anilines is 1. The molecule has 21 heavy (non-hydrogen) atoms. The monoisotopic (exact) mass is 281 g/mol. The van der Waals surface area contributed by atoms with Crippen molar-refractivity contribution in [3.63, 3.8) is 0 Å². The first-order valence-corrected chi connectivity index (χ1v) is 7.42. The smallest absolute Gasteiger partial charge is 0.144 e. The molecule has 2 aromatic heterocycles. The highest BCUT2D eigenvalue weighted by molar-refractivity contribution is 5.61. The molecule has 108 valence electrons. The van der Waals surface area contributed by atoms with Crippen LogP contribution in [0.5, 0.6) is 0 Å². The van der Waals surface area contributed by atoms with E-state index in [2.05, 4.69) is 25.2 Å². The molecule has 0 unspecified atom stereocenters. The second-order valence-corrected chi connectivity index (χ2v) is 5.73. The molecule has 0 fully saturated rings. The van der Waals surface area contributed by atoms with Crippen LogP contribution in [-0.4, -0.2) is 4.98 Å². The Morgan fingerprint density at radius 1 is 1.38 bits per heavy atom. The Hall–Kier alpha value is -2.28. The van der Waals surface area contributed by atoms with Crippen molar-refractivity contribution in [3.05, 3.63) is 46.5 Å². The molecular weight excluding hydrogens is 262 g/mol. The first-order chi connectivity index (χ1) is 10.2. The van der Waals surface area contributed by atoms with Gasteiger partial charge in [-0.1, -0.05) is 13.8 Å². The van der Waals surface area contributed by atoms with Crippen LogP contribution in [0.2, 0.25) is 0 Å². The average Bonchev–Trinajstić information content (AvgIpc) is 3.14. The molecule has 3 rings (SSSR count). The van der Waals surface area contributed by atoms with Gasteiger partial charge < -0.3 is 9.73 Å². The zero-order valence-electron chi connectivity index (χ0n) is 12.4. The second-order valence-electron chi connectivity index (χ2n) is 5.73. The number of fused-ring (bicyclic) bond motifs is 1. The fourth-order valence-electron chi connectivity index (χ4n) is 3.00. The summed E-state index contributed by atoms with van der Waals surface area (Å²) in [7, 11) is 0. The minimum absolute atomic E-state index is 0.369. The van der Waals surface area contributed by atoms with Gasteiger partial charge in [-0.15, -0.1) is 0 Å². The first-order valence-electron chi connectivity index (χ1n) is 7.42. The number of nitrogens with zero attached hydrogens (tertiary/aromatic N) is 2. The van der Waals surface area contributed by atoms with Gasteiger partial charge in [-0.2, -0.15) is 5.26 Å². The van der Waals surface area contributed by atoms with E-state index in [-0.39, 0.29) is 0 Å². The van der Waals surface area contributed by atoms with E-state index in [1.54, 1.807) is 6.26 Å². The molecule has 0 spiro atoms. The predicted octanol–water partition coefficient (Wildman–Crippen LogP) is 3.77. The lowest BCUT2D eigenvalue weighted by molar-refractivity contribution is 0.517. The van der Waals surface area contributed by atoms with Gasteiger partial charge in [-0.25, -0.2) is 4.98 Å². The number of furan rings is 1. The molecule has 0 atom stereocenters. The normalized spacial score (nSPS) is 13.2. The zero-order valence-corrected chi connectivity index (χ0v) is 12.4. The summed E-state index contributed by atoms with van der Waals surface area (Å²) < 4.78 is 5.33. The summed E-state index contributed by atoms with van der Waals surface area (Å²) in [5.74, 6) is 1.90. The third-order valence-corrected chi connectivity index (χ3v) is 3.97. The Kier molecular flexibility index (Phi) is 3.66. The van der Waals surface area contributed by atoms with Crippen LogP contribution in [0.3, 0.4) is 0 Å². The van der Waals surface area contributed by atoms with Crippen LogP contribution in [0.1, 0.15) is 54.3 Å². The van der Waals surface area contributed by atoms with Crippen LogP contribution >= 0.6 is 0 Å². The van der Waals surface area contributed by atoms with Gasteiger partial charge in [0.05, 0.1) is 18.4 Å². The molecule has 0 saturated carbocycles. The molecule has 1 aliphatic rings. The van der Waals surface area contributed by atoms with Crippen LogP contribution in [0.4, 0.5) is 5.82 Å². The third kappa shape index (κ3) is 2.52. The maximum atomic E-state index is 9.52. The lowest BCUT2D eigenvalue weighted by atomic mass is 9.97. The molecular formula is C17H19N3O. The largest absolute Gasteiger partial charge is 0.467 e. The molecule has 0 saturated heterocycles. The zero-order chi connectivity index (χ0) is 14.8. The Bertz CT molecular complexity index is 681. The van der Waals surface area contributed by atoms with Crippen LogP contribution < -0.4 is 5.32 Å². The third-order valence-electron chi connectivity index (χ3n) is 3.97. The summed E-state index contributed by atoms with van der Waals surface area (Å²) in [6.45, 7) is 4.86. The second kappa shape index (κ2) is 5.61. The molecule has 0 bridgehead atoms. The summed E-state index contributed by atoms with van der Waals surface area (Å²) in [5, 5.41) is 12.8. The number of nitriles is 1. The van der Waals surface area contributed by atoms with Crippen LogP contribution in [0, 0.1) is 11.3 Å². The summed E-state index contributed by atoms with van der Waals surface area (Å²) in [6.07, 6.45) is 4.80. The van der Waals surface area contributed by atoms with Crippen LogP contribution in [0.15, 0.2) is 22.8 Å². The summed E-state index contributed by atoms with van der Waals surface area (Å²) in [5.41, 5.74) is 4.32. The van der Waals surface area contributed by atoms with Crippen molar-refractivity contribution in [1.29, 1.82) is 5.26 Å². The molecule has 4 heteroatoms. The van der Waals surface area contributed by atoms with Crippen molar-refractivity contribution in [2.75, 3.05) is 5.32 Å². The van der Waals surface area contributed by atoms with Crippen molar-refractivity contribution >= 4 is 5.82 Å². The predicted molar refractivity (Wildman–Crippen MR) is 81.1 cm³/mol. The van der Waals surface area contributed by atoms with E-state index >= 15 is 0 Å². The molecule has 0 aliphatic heterocycles. The van der Waals surface area contributed by atoms with Crippen LogP contribution in [0.25, 0.3) is 0 Å². The Labute approximate surface area is 124 Å². The molecule has 2 heterocycles. The van der Waals surface area contributed by atoms with Gasteiger partial charge in [0.1, 0.15) is 17.6 Å². The lowest BCUT2D eigenvalue weighted by Gasteiger charge is -2.16. The van der Waals surface area contributed by atoms with E-state index in [1.165, 1.54) is 11.1 Å². The highest BCUT2D eigenvalue weighted by atomic mass is 16.3. The van der Waals surface area contributed by atoms with E-state index in [1.807, 2.05) is 12.1 Å². The van der Waals surface area contributed by atoms with E-state index in [0.29, 0.717) is 23.8 Å². The summed E-state index contributed by atoms with van der Waals surface area (Å²) in [6, 6.07) is 6.11. The molecule has 0 amide bonds. The van der Waals surface area contributed by atoms with E-state index in [9.17, 15) is 5.26 Å². The van der Waals surface area contributed by atoms with Gasteiger partial charge in [0.25, 0.3) is 0 Å².